The van der Waals surface area contributed by atoms with E-state index in [4.69, 9.17) is 9.47 Å². The van der Waals surface area contributed by atoms with E-state index in [2.05, 4.69) is 6.07 Å². The maximum Gasteiger partial charge on any atom is 0.338 e. The van der Waals surface area contributed by atoms with Crippen molar-refractivity contribution in [2.24, 2.45) is 0 Å². The number of hydrogen-bond donors (Lipinski definition) is 0. The first-order valence-corrected chi connectivity index (χ1v) is 10.0. The van der Waals surface area contributed by atoms with Crippen molar-refractivity contribution in [1.29, 1.82) is 0 Å². The molecular formula is C23H22O4S. The summed E-state index contributed by atoms with van der Waals surface area (Å²) in [4.78, 5) is 26.4. The zero-order chi connectivity index (χ0) is 20.1. The molecule has 0 amide bonds. The summed E-state index contributed by atoms with van der Waals surface area (Å²) in [5.74, 6) is -0.651. The van der Waals surface area contributed by atoms with Gasteiger partial charge in [0.1, 0.15) is 0 Å². The molecule has 3 rings (SSSR count). The zero-order valence-electron chi connectivity index (χ0n) is 16.2. The van der Waals surface area contributed by atoms with Gasteiger partial charge in [0.15, 0.2) is 0 Å². The van der Waals surface area contributed by atoms with Crippen LogP contribution in [-0.4, -0.2) is 25.2 Å². The Morgan fingerprint density at radius 3 is 2.36 bits per heavy atom. The third-order valence-corrected chi connectivity index (χ3v) is 5.56. The standard InChI is InChI=1S/C23H22O4S/c1-4-26-22(24)17-10-8-9-16(14-17)21-15(3)13-20(28-21)18-11-6-7-12-19(18)23(25)27-5-2/h6-14H,4-5H2,1-3H3. The van der Waals surface area contributed by atoms with Gasteiger partial charge in [0.05, 0.1) is 24.3 Å². The van der Waals surface area contributed by atoms with Gasteiger partial charge in [-0.25, -0.2) is 9.59 Å². The number of benzene rings is 2. The van der Waals surface area contributed by atoms with E-state index in [1.807, 2.05) is 43.3 Å². The van der Waals surface area contributed by atoms with Crippen molar-refractivity contribution in [3.8, 4) is 20.9 Å². The Bertz CT molecular complexity index is 1000. The van der Waals surface area contributed by atoms with Crippen LogP contribution in [0, 0.1) is 6.92 Å². The number of esters is 2. The second kappa shape index (κ2) is 8.85. The highest BCUT2D eigenvalue weighted by Gasteiger charge is 2.17. The molecule has 0 aliphatic rings. The van der Waals surface area contributed by atoms with Crippen LogP contribution in [0.5, 0.6) is 0 Å². The average molecular weight is 394 g/mol. The van der Waals surface area contributed by atoms with Gasteiger partial charge >= 0.3 is 11.9 Å². The van der Waals surface area contributed by atoms with Crippen LogP contribution < -0.4 is 0 Å². The van der Waals surface area contributed by atoms with E-state index in [0.717, 1.165) is 26.4 Å². The largest absolute Gasteiger partial charge is 0.462 e. The maximum atomic E-state index is 12.3. The lowest BCUT2D eigenvalue weighted by Crippen LogP contribution is -2.05. The van der Waals surface area contributed by atoms with Gasteiger partial charge in [0, 0.05) is 15.3 Å². The third-order valence-electron chi connectivity index (χ3n) is 4.24. The molecular weight excluding hydrogens is 372 g/mol. The molecule has 0 fully saturated rings. The minimum atomic E-state index is -0.327. The van der Waals surface area contributed by atoms with Crippen molar-refractivity contribution in [2.45, 2.75) is 20.8 Å². The van der Waals surface area contributed by atoms with Gasteiger partial charge in [-0.15, -0.1) is 11.3 Å². The van der Waals surface area contributed by atoms with Crippen LogP contribution in [0.25, 0.3) is 20.9 Å². The molecule has 0 aliphatic heterocycles. The maximum absolute atomic E-state index is 12.3. The lowest BCUT2D eigenvalue weighted by molar-refractivity contribution is 0.0517. The first-order valence-electron chi connectivity index (χ1n) is 9.19. The van der Waals surface area contributed by atoms with Gasteiger partial charge in [0.25, 0.3) is 0 Å². The minimum Gasteiger partial charge on any atom is -0.462 e. The predicted octanol–water partition coefficient (Wildman–Crippen LogP) is 5.74. The van der Waals surface area contributed by atoms with E-state index in [1.54, 1.807) is 37.3 Å². The summed E-state index contributed by atoms with van der Waals surface area (Å²) in [6.07, 6.45) is 0. The predicted molar refractivity (Wildman–Crippen MR) is 112 cm³/mol. The molecule has 1 heterocycles. The highest BCUT2D eigenvalue weighted by molar-refractivity contribution is 7.19. The fourth-order valence-electron chi connectivity index (χ4n) is 2.99. The summed E-state index contributed by atoms with van der Waals surface area (Å²) in [5.41, 5.74) is 3.97. The zero-order valence-corrected chi connectivity index (χ0v) is 17.0. The number of thiophene rings is 1. The number of hydrogen-bond acceptors (Lipinski definition) is 5. The Kier molecular flexibility index (Phi) is 6.26. The van der Waals surface area contributed by atoms with Gasteiger partial charge < -0.3 is 9.47 Å². The monoisotopic (exact) mass is 394 g/mol. The first-order chi connectivity index (χ1) is 13.5. The highest BCUT2D eigenvalue weighted by Crippen LogP contribution is 2.39. The van der Waals surface area contributed by atoms with Crippen molar-refractivity contribution < 1.29 is 19.1 Å². The molecule has 0 saturated heterocycles. The smallest absolute Gasteiger partial charge is 0.338 e. The summed E-state index contributed by atoms with van der Waals surface area (Å²) >= 11 is 1.59. The van der Waals surface area contributed by atoms with Crippen LogP contribution in [0.1, 0.15) is 40.1 Å². The number of carbonyl (C=O) groups excluding carboxylic acids is 2. The summed E-state index contributed by atoms with van der Waals surface area (Å²) in [6.45, 7) is 6.29. The van der Waals surface area contributed by atoms with E-state index in [-0.39, 0.29) is 11.9 Å². The Balaban J connectivity index is 2.01. The lowest BCUT2D eigenvalue weighted by Gasteiger charge is -2.07. The van der Waals surface area contributed by atoms with Gasteiger partial charge in [-0.05, 0) is 56.2 Å². The van der Waals surface area contributed by atoms with Gasteiger partial charge in [0.2, 0.25) is 0 Å². The quantitative estimate of drug-likeness (QED) is 0.500. The van der Waals surface area contributed by atoms with E-state index >= 15 is 0 Å². The summed E-state index contributed by atoms with van der Waals surface area (Å²) in [6, 6.07) is 16.9. The van der Waals surface area contributed by atoms with Gasteiger partial charge in [-0.1, -0.05) is 30.3 Å². The third kappa shape index (κ3) is 4.15. The number of aryl methyl sites for hydroxylation is 1. The summed E-state index contributed by atoms with van der Waals surface area (Å²) in [5, 5.41) is 0. The van der Waals surface area contributed by atoms with Gasteiger partial charge in [-0.3, -0.25) is 0 Å². The molecule has 1 aromatic heterocycles. The van der Waals surface area contributed by atoms with Gasteiger partial charge in [-0.2, -0.15) is 0 Å². The van der Waals surface area contributed by atoms with Crippen molar-refractivity contribution in [3.63, 3.8) is 0 Å². The highest BCUT2D eigenvalue weighted by atomic mass is 32.1. The Hall–Kier alpha value is -2.92. The van der Waals surface area contributed by atoms with E-state index in [9.17, 15) is 9.59 Å². The fraction of sp³-hybridized carbons (Fsp3) is 0.217. The number of rotatable bonds is 6. The van der Waals surface area contributed by atoms with E-state index in [1.165, 1.54) is 0 Å². The molecule has 0 N–H and O–H groups in total. The Morgan fingerprint density at radius 1 is 0.893 bits per heavy atom. The van der Waals surface area contributed by atoms with Crippen LogP contribution >= 0.6 is 11.3 Å². The molecule has 2 aromatic carbocycles. The van der Waals surface area contributed by atoms with Crippen LogP contribution in [0.15, 0.2) is 54.6 Å². The summed E-state index contributed by atoms with van der Waals surface area (Å²) < 4.78 is 10.3. The van der Waals surface area contributed by atoms with Crippen molar-refractivity contribution >= 4 is 23.3 Å². The Labute approximate surface area is 168 Å². The Morgan fingerprint density at radius 2 is 1.61 bits per heavy atom. The van der Waals surface area contributed by atoms with E-state index in [0.29, 0.717) is 24.3 Å². The second-order valence-electron chi connectivity index (χ2n) is 6.19. The van der Waals surface area contributed by atoms with Crippen LogP contribution in [0.2, 0.25) is 0 Å². The van der Waals surface area contributed by atoms with Crippen LogP contribution in [-0.2, 0) is 9.47 Å². The fourth-order valence-corrected chi connectivity index (χ4v) is 4.20. The van der Waals surface area contributed by atoms with Crippen molar-refractivity contribution in [1.82, 2.24) is 0 Å². The topological polar surface area (TPSA) is 52.6 Å². The van der Waals surface area contributed by atoms with Crippen molar-refractivity contribution in [3.05, 3.63) is 71.3 Å². The molecule has 5 heteroatoms. The molecule has 0 bridgehead atoms. The number of carbonyl (C=O) groups is 2. The number of ether oxygens (including phenoxy) is 2. The SMILES string of the molecule is CCOC(=O)c1cccc(-c2sc(-c3ccccc3C(=O)OCC)cc2C)c1. The second-order valence-corrected chi connectivity index (χ2v) is 7.24. The minimum absolute atomic E-state index is 0.324. The normalized spacial score (nSPS) is 10.5. The molecule has 0 radical (unpaired) electrons. The summed E-state index contributed by atoms with van der Waals surface area (Å²) in [7, 11) is 0. The molecule has 28 heavy (non-hydrogen) atoms. The molecule has 144 valence electrons. The molecule has 0 saturated carbocycles. The molecule has 0 spiro atoms. The average Bonchev–Trinajstić information content (AvgIpc) is 3.10. The van der Waals surface area contributed by atoms with Crippen LogP contribution in [0.4, 0.5) is 0 Å². The molecule has 0 unspecified atom stereocenters. The first kappa shape index (κ1) is 19.8. The molecule has 0 atom stereocenters. The van der Waals surface area contributed by atoms with E-state index < -0.39 is 0 Å². The van der Waals surface area contributed by atoms with Crippen molar-refractivity contribution in [2.75, 3.05) is 13.2 Å². The molecule has 0 aliphatic carbocycles. The molecule has 4 nitrogen and oxygen atoms in total. The lowest BCUT2D eigenvalue weighted by atomic mass is 10.0. The van der Waals surface area contributed by atoms with Crippen LogP contribution in [0.3, 0.4) is 0 Å². The molecule has 3 aromatic rings.